The lowest BCUT2D eigenvalue weighted by Crippen LogP contribution is -2.39. The molecule has 6 heteroatoms. The number of hydrogen-bond acceptors (Lipinski definition) is 2. The van der Waals surface area contributed by atoms with Gasteiger partial charge in [-0.1, -0.05) is 36.2 Å². The summed E-state index contributed by atoms with van der Waals surface area (Å²) in [5, 5.41) is 0.362. The van der Waals surface area contributed by atoms with Crippen molar-refractivity contribution in [1.29, 1.82) is 0 Å². The van der Waals surface area contributed by atoms with E-state index in [-0.39, 0.29) is 14.9 Å². The minimum Gasteiger partial charge on any atom is -0.207 e. The van der Waals surface area contributed by atoms with Crippen molar-refractivity contribution >= 4 is 33.2 Å². The fourth-order valence-electron chi connectivity index (χ4n) is 2.22. The Balaban J connectivity index is 2.42. The van der Waals surface area contributed by atoms with Gasteiger partial charge in [0, 0.05) is 13.1 Å². The summed E-state index contributed by atoms with van der Waals surface area (Å²) in [5.41, 5.74) is 0. The predicted octanol–water partition coefficient (Wildman–Crippen LogP) is 3.41. The first-order valence-corrected chi connectivity index (χ1v) is 8.06. The van der Waals surface area contributed by atoms with E-state index in [2.05, 4.69) is 6.92 Å². The fourth-order valence-corrected chi connectivity index (χ4v) is 4.91. The molecule has 1 fully saturated rings. The topological polar surface area (TPSA) is 37.4 Å². The van der Waals surface area contributed by atoms with Crippen LogP contribution in [0.5, 0.6) is 0 Å². The first-order valence-electron chi connectivity index (χ1n) is 5.87. The van der Waals surface area contributed by atoms with Gasteiger partial charge in [0.25, 0.3) is 0 Å². The Labute approximate surface area is 118 Å². The molecule has 0 radical (unpaired) electrons. The quantitative estimate of drug-likeness (QED) is 0.839. The highest BCUT2D eigenvalue weighted by Gasteiger charge is 2.31. The average Bonchev–Trinajstić information content (AvgIpc) is 2.28. The minimum atomic E-state index is -3.59. The van der Waals surface area contributed by atoms with Crippen molar-refractivity contribution in [3.05, 3.63) is 28.2 Å². The number of hydrogen-bond donors (Lipinski definition) is 0. The average molecular weight is 308 g/mol. The molecule has 1 aromatic carbocycles. The zero-order valence-corrected chi connectivity index (χ0v) is 12.4. The molecule has 0 bridgehead atoms. The van der Waals surface area contributed by atoms with E-state index in [1.807, 2.05) is 0 Å². The maximum atomic E-state index is 12.5. The van der Waals surface area contributed by atoms with Crippen LogP contribution in [0.4, 0.5) is 0 Å². The molecule has 0 aliphatic carbocycles. The zero-order valence-electron chi connectivity index (χ0n) is 10.1. The molecular formula is C12H15Cl2NO2S. The molecule has 0 amide bonds. The summed E-state index contributed by atoms with van der Waals surface area (Å²) in [4.78, 5) is 0.0300. The predicted molar refractivity (Wildman–Crippen MR) is 73.6 cm³/mol. The number of rotatable bonds is 2. The monoisotopic (exact) mass is 307 g/mol. The van der Waals surface area contributed by atoms with E-state index in [4.69, 9.17) is 23.2 Å². The van der Waals surface area contributed by atoms with E-state index in [0.29, 0.717) is 19.0 Å². The zero-order chi connectivity index (χ0) is 13.3. The molecular weight excluding hydrogens is 293 g/mol. The van der Waals surface area contributed by atoms with E-state index >= 15 is 0 Å². The normalized spacial score (nSPS) is 22.1. The summed E-state index contributed by atoms with van der Waals surface area (Å²) >= 11 is 12.0. The number of benzene rings is 1. The number of nitrogens with zero attached hydrogens (tertiary/aromatic N) is 1. The first-order chi connectivity index (χ1) is 8.43. The van der Waals surface area contributed by atoms with E-state index in [1.54, 1.807) is 18.2 Å². The van der Waals surface area contributed by atoms with E-state index in [0.717, 1.165) is 12.8 Å². The molecule has 3 nitrogen and oxygen atoms in total. The molecule has 0 aromatic heterocycles. The second kappa shape index (κ2) is 5.37. The summed E-state index contributed by atoms with van der Waals surface area (Å²) in [6.45, 7) is 3.12. The number of piperidine rings is 1. The summed E-state index contributed by atoms with van der Waals surface area (Å²) in [6.07, 6.45) is 1.94. The lowest BCUT2D eigenvalue weighted by molar-refractivity contribution is 0.281. The van der Waals surface area contributed by atoms with Gasteiger partial charge in [-0.25, -0.2) is 8.42 Å². The molecule has 0 saturated carbocycles. The van der Waals surface area contributed by atoms with Crippen LogP contribution >= 0.6 is 23.2 Å². The smallest absolute Gasteiger partial charge is 0.207 e. The molecule has 1 unspecified atom stereocenters. The second-order valence-electron chi connectivity index (χ2n) is 4.66. The molecule has 0 spiro atoms. The van der Waals surface area contributed by atoms with Gasteiger partial charge in [0.2, 0.25) is 10.0 Å². The molecule has 18 heavy (non-hydrogen) atoms. The third-order valence-electron chi connectivity index (χ3n) is 3.14. The Bertz CT molecular complexity index is 525. The van der Waals surface area contributed by atoms with Gasteiger partial charge in [-0.3, -0.25) is 0 Å². The molecule has 0 N–H and O–H groups in total. The third-order valence-corrected chi connectivity index (χ3v) is 5.96. The Kier molecular flexibility index (Phi) is 4.22. The van der Waals surface area contributed by atoms with Crippen molar-refractivity contribution in [2.45, 2.75) is 24.7 Å². The van der Waals surface area contributed by atoms with Crippen LogP contribution in [0.2, 0.25) is 10.0 Å². The minimum absolute atomic E-state index is 0.0300. The van der Waals surface area contributed by atoms with Crippen molar-refractivity contribution in [3.63, 3.8) is 0 Å². The van der Waals surface area contributed by atoms with Crippen molar-refractivity contribution in [2.75, 3.05) is 13.1 Å². The molecule has 100 valence electrons. The Morgan fingerprint density at radius 3 is 2.44 bits per heavy atom. The maximum absolute atomic E-state index is 12.5. The molecule has 1 aliphatic rings. The molecule has 1 aliphatic heterocycles. The van der Waals surface area contributed by atoms with Gasteiger partial charge in [0.15, 0.2) is 0 Å². The maximum Gasteiger partial charge on any atom is 0.246 e. The molecule has 1 aromatic rings. The van der Waals surface area contributed by atoms with Crippen molar-refractivity contribution in [1.82, 2.24) is 4.31 Å². The van der Waals surface area contributed by atoms with E-state index in [9.17, 15) is 8.42 Å². The van der Waals surface area contributed by atoms with E-state index in [1.165, 1.54) is 4.31 Å². The van der Waals surface area contributed by atoms with Crippen molar-refractivity contribution in [2.24, 2.45) is 5.92 Å². The van der Waals surface area contributed by atoms with Crippen LogP contribution in [-0.4, -0.2) is 25.8 Å². The highest BCUT2D eigenvalue weighted by atomic mass is 35.5. The van der Waals surface area contributed by atoms with Crippen LogP contribution in [0, 0.1) is 5.92 Å². The number of sulfonamides is 1. The van der Waals surface area contributed by atoms with Gasteiger partial charge < -0.3 is 0 Å². The van der Waals surface area contributed by atoms with Crippen LogP contribution in [0.15, 0.2) is 23.1 Å². The lowest BCUT2D eigenvalue weighted by atomic mass is 10.0. The fraction of sp³-hybridized carbons (Fsp3) is 0.500. The van der Waals surface area contributed by atoms with Gasteiger partial charge in [0.1, 0.15) is 4.90 Å². The van der Waals surface area contributed by atoms with Crippen LogP contribution < -0.4 is 0 Å². The molecule has 1 atom stereocenters. The molecule has 1 heterocycles. The van der Waals surface area contributed by atoms with Gasteiger partial charge in [-0.2, -0.15) is 4.31 Å². The van der Waals surface area contributed by atoms with Gasteiger partial charge >= 0.3 is 0 Å². The van der Waals surface area contributed by atoms with Crippen LogP contribution in [0.3, 0.4) is 0 Å². The highest BCUT2D eigenvalue weighted by Crippen LogP contribution is 2.33. The van der Waals surface area contributed by atoms with Crippen LogP contribution in [0.25, 0.3) is 0 Å². The van der Waals surface area contributed by atoms with Gasteiger partial charge in [-0.05, 0) is 30.9 Å². The second-order valence-corrected chi connectivity index (χ2v) is 7.35. The summed E-state index contributed by atoms with van der Waals surface area (Å²) in [6, 6.07) is 4.74. The largest absolute Gasteiger partial charge is 0.246 e. The SMILES string of the molecule is CC1CCCN(S(=O)(=O)c2c(Cl)cccc2Cl)C1. The summed E-state index contributed by atoms with van der Waals surface area (Å²) < 4.78 is 26.5. The first kappa shape index (κ1) is 14.1. The van der Waals surface area contributed by atoms with E-state index < -0.39 is 10.0 Å². The Morgan fingerprint density at radius 2 is 1.89 bits per heavy atom. The molecule has 1 saturated heterocycles. The number of halogens is 2. The summed E-state index contributed by atoms with van der Waals surface area (Å²) in [7, 11) is -3.59. The standard InChI is InChI=1S/C12H15Cl2NO2S/c1-9-4-3-7-15(8-9)18(16,17)12-10(13)5-2-6-11(12)14/h2,5-6,9H,3-4,7-8H2,1H3. The third kappa shape index (κ3) is 2.67. The van der Waals surface area contributed by atoms with Gasteiger partial charge in [-0.15, -0.1) is 0 Å². The molecule has 2 rings (SSSR count). The van der Waals surface area contributed by atoms with Crippen LogP contribution in [-0.2, 0) is 10.0 Å². The lowest BCUT2D eigenvalue weighted by Gasteiger charge is -2.30. The van der Waals surface area contributed by atoms with Crippen molar-refractivity contribution in [3.8, 4) is 0 Å². The van der Waals surface area contributed by atoms with Gasteiger partial charge in [0.05, 0.1) is 10.0 Å². The Morgan fingerprint density at radius 1 is 1.28 bits per heavy atom. The van der Waals surface area contributed by atoms with Crippen LogP contribution in [0.1, 0.15) is 19.8 Å². The van der Waals surface area contributed by atoms with Crippen molar-refractivity contribution < 1.29 is 8.42 Å². The highest BCUT2D eigenvalue weighted by molar-refractivity contribution is 7.89. The Hall–Kier alpha value is -0.290. The summed E-state index contributed by atoms with van der Waals surface area (Å²) in [5.74, 6) is 0.370.